The zero-order chi connectivity index (χ0) is 16.9. The molecule has 0 aromatic heterocycles. The molecule has 3 nitrogen and oxygen atoms in total. The summed E-state index contributed by atoms with van der Waals surface area (Å²) in [7, 11) is 0. The van der Waals surface area contributed by atoms with Crippen molar-refractivity contribution in [2.45, 2.75) is 31.7 Å². The van der Waals surface area contributed by atoms with Crippen molar-refractivity contribution < 1.29 is 31.4 Å². The van der Waals surface area contributed by atoms with E-state index < -0.39 is 18.0 Å². The van der Waals surface area contributed by atoms with Gasteiger partial charge in [-0.1, -0.05) is 18.2 Å². The standard InChI is InChI=1S/C15H18F5NO2/c16-14(17,18)15(19,20)23-13-6-2-1-5-12(13)10-22-9-11-4-3-7-21-8-11/h1-2,5-6,11,21H,3-4,7-10H2. The molecule has 0 radical (unpaired) electrons. The van der Waals surface area contributed by atoms with Gasteiger partial charge in [-0.05, 0) is 31.4 Å². The Balaban J connectivity index is 1.94. The number of alkyl halides is 5. The number of benzene rings is 1. The van der Waals surface area contributed by atoms with Gasteiger partial charge in [-0.3, -0.25) is 0 Å². The molecule has 0 aliphatic carbocycles. The fraction of sp³-hybridized carbons (Fsp3) is 0.600. The minimum atomic E-state index is -5.77. The van der Waals surface area contributed by atoms with Gasteiger partial charge in [0.25, 0.3) is 0 Å². The van der Waals surface area contributed by atoms with Crippen molar-refractivity contribution in [1.82, 2.24) is 5.32 Å². The first-order chi connectivity index (χ1) is 10.8. The smallest absolute Gasteiger partial charge is 0.425 e. The van der Waals surface area contributed by atoms with Crippen molar-refractivity contribution in [2.75, 3.05) is 19.7 Å². The van der Waals surface area contributed by atoms with Gasteiger partial charge in [-0.2, -0.15) is 22.0 Å². The van der Waals surface area contributed by atoms with Gasteiger partial charge in [0.15, 0.2) is 0 Å². The molecule has 0 saturated carbocycles. The van der Waals surface area contributed by atoms with Crippen molar-refractivity contribution in [2.24, 2.45) is 5.92 Å². The second-order valence-electron chi connectivity index (χ2n) is 5.45. The molecule has 1 N–H and O–H groups in total. The first-order valence-corrected chi connectivity index (χ1v) is 7.29. The summed E-state index contributed by atoms with van der Waals surface area (Å²) in [5.74, 6) is -0.218. The molecule has 0 bridgehead atoms. The number of nitrogens with one attached hydrogen (secondary N) is 1. The predicted molar refractivity (Wildman–Crippen MR) is 73.3 cm³/mol. The van der Waals surface area contributed by atoms with E-state index in [1.165, 1.54) is 18.2 Å². The molecular weight excluding hydrogens is 321 g/mol. The highest BCUT2D eigenvalue weighted by Crippen LogP contribution is 2.38. The Morgan fingerprint density at radius 3 is 2.52 bits per heavy atom. The fourth-order valence-electron chi connectivity index (χ4n) is 2.32. The zero-order valence-corrected chi connectivity index (χ0v) is 12.3. The highest BCUT2D eigenvalue weighted by atomic mass is 19.4. The Morgan fingerprint density at radius 1 is 1.13 bits per heavy atom. The number of halogens is 5. The summed E-state index contributed by atoms with van der Waals surface area (Å²) < 4.78 is 72.1. The molecule has 1 atom stereocenters. The van der Waals surface area contributed by atoms with E-state index in [9.17, 15) is 22.0 Å². The summed E-state index contributed by atoms with van der Waals surface area (Å²) in [6.07, 6.45) is -8.98. The van der Waals surface area contributed by atoms with Crippen molar-refractivity contribution >= 4 is 0 Å². The van der Waals surface area contributed by atoms with Crippen LogP contribution in [0.2, 0.25) is 0 Å². The Kier molecular flexibility index (Phi) is 5.80. The Labute approximate surface area is 130 Å². The van der Waals surface area contributed by atoms with E-state index in [0.29, 0.717) is 12.5 Å². The largest absolute Gasteiger partial charge is 0.499 e. The molecule has 2 rings (SSSR count). The molecule has 1 aromatic carbocycles. The van der Waals surface area contributed by atoms with Crippen molar-refractivity contribution in [3.8, 4) is 5.75 Å². The van der Waals surface area contributed by atoms with E-state index in [1.54, 1.807) is 0 Å². The topological polar surface area (TPSA) is 30.5 Å². The van der Waals surface area contributed by atoms with E-state index in [0.717, 1.165) is 32.0 Å². The summed E-state index contributed by atoms with van der Waals surface area (Å²) in [6.45, 7) is 2.10. The van der Waals surface area contributed by atoms with E-state index in [2.05, 4.69) is 10.1 Å². The Morgan fingerprint density at radius 2 is 1.87 bits per heavy atom. The number of ether oxygens (including phenoxy) is 2. The minimum absolute atomic E-state index is 0.0827. The second kappa shape index (κ2) is 7.44. The van der Waals surface area contributed by atoms with Gasteiger partial charge in [0.1, 0.15) is 5.75 Å². The molecule has 8 heteroatoms. The molecule has 1 aliphatic rings. The summed E-state index contributed by atoms with van der Waals surface area (Å²) in [5, 5.41) is 3.21. The molecule has 1 aromatic rings. The van der Waals surface area contributed by atoms with E-state index in [4.69, 9.17) is 4.74 Å². The van der Waals surface area contributed by atoms with Crippen LogP contribution in [0.1, 0.15) is 18.4 Å². The van der Waals surface area contributed by atoms with Gasteiger partial charge in [0.05, 0.1) is 13.2 Å². The van der Waals surface area contributed by atoms with E-state index >= 15 is 0 Å². The number of piperidine rings is 1. The van der Waals surface area contributed by atoms with Crippen molar-refractivity contribution in [1.29, 1.82) is 0 Å². The van der Waals surface area contributed by atoms with E-state index in [-0.39, 0.29) is 12.2 Å². The van der Waals surface area contributed by atoms with Gasteiger partial charge in [-0.15, -0.1) is 0 Å². The average Bonchev–Trinajstić information content (AvgIpc) is 2.49. The summed E-state index contributed by atoms with van der Waals surface area (Å²) in [5.41, 5.74) is 0.153. The highest BCUT2D eigenvalue weighted by Gasteiger charge is 2.61. The first kappa shape index (κ1) is 17.9. The van der Waals surface area contributed by atoms with Crippen LogP contribution >= 0.6 is 0 Å². The van der Waals surface area contributed by atoms with Crippen LogP contribution in [0.15, 0.2) is 24.3 Å². The van der Waals surface area contributed by atoms with Crippen LogP contribution in [-0.2, 0) is 11.3 Å². The lowest BCUT2D eigenvalue weighted by molar-refractivity contribution is -0.360. The summed E-state index contributed by atoms with van der Waals surface area (Å²) in [6, 6.07) is 5.33. The van der Waals surface area contributed by atoms with Crippen molar-refractivity contribution in [3.63, 3.8) is 0 Å². The lowest BCUT2D eigenvalue weighted by atomic mass is 10.0. The fourth-order valence-corrected chi connectivity index (χ4v) is 2.32. The lowest BCUT2D eigenvalue weighted by Gasteiger charge is -2.23. The second-order valence-corrected chi connectivity index (χ2v) is 5.45. The van der Waals surface area contributed by atoms with Crippen LogP contribution in [-0.4, -0.2) is 32.0 Å². The number of para-hydroxylation sites is 1. The van der Waals surface area contributed by atoms with Crippen LogP contribution in [0.4, 0.5) is 22.0 Å². The van der Waals surface area contributed by atoms with Gasteiger partial charge in [0.2, 0.25) is 0 Å². The monoisotopic (exact) mass is 339 g/mol. The molecule has 1 unspecified atom stereocenters. The van der Waals surface area contributed by atoms with Crippen LogP contribution in [0.5, 0.6) is 5.75 Å². The van der Waals surface area contributed by atoms with Crippen LogP contribution < -0.4 is 10.1 Å². The van der Waals surface area contributed by atoms with Crippen molar-refractivity contribution in [3.05, 3.63) is 29.8 Å². The average molecular weight is 339 g/mol. The number of hydrogen-bond acceptors (Lipinski definition) is 3. The third kappa shape index (κ3) is 5.04. The van der Waals surface area contributed by atoms with Crippen LogP contribution in [0.25, 0.3) is 0 Å². The molecule has 1 saturated heterocycles. The Bertz CT molecular complexity index is 501. The van der Waals surface area contributed by atoms with Gasteiger partial charge >= 0.3 is 12.3 Å². The van der Waals surface area contributed by atoms with Gasteiger partial charge in [-0.25, -0.2) is 0 Å². The molecular formula is C15H18F5NO2. The summed E-state index contributed by atoms with van der Waals surface area (Å²) >= 11 is 0. The predicted octanol–water partition coefficient (Wildman–Crippen LogP) is 3.74. The number of hydrogen-bond donors (Lipinski definition) is 1. The molecule has 1 aliphatic heterocycles. The third-order valence-corrected chi connectivity index (χ3v) is 3.55. The maximum absolute atomic E-state index is 13.0. The maximum atomic E-state index is 13.0. The first-order valence-electron chi connectivity index (χ1n) is 7.29. The van der Waals surface area contributed by atoms with Crippen LogP contribution in [0, 0.1) is 5.92 Å². The Hall–Kier alpha value is -1.41. The number of rotatable bonds is 6. The highest BCUT2D eigenvalue weighted by molar-refractivity contribution is 5.33. The van der Waals surface area contributed by atoms with Crippen LogP contribution in [0.3, 0.4) is 0 Å². The van der Waals surface area contributed by atoms with Gasteiger partial charge in [0, 0.05) is 12.1 Å². The molecule has 0 spiro atoms. The maximum Gasteiger partial charge on any atom is 0.499 e. The molecule has 1 fully saturated rings. The van der Waals surface area contributed by atoms with E-state index in [1.807, 2.05) is 0 Å². The third-order valence-electron chi connectivity index (χ3n) is 3.55. The lowest BCUT2D eigenvalue weighted by Crippen LogP contribution is -2.42. The normalized spacial score (nSPS) is 19.6. The molecule has 130 valence electrons. The molecule has 1 heterocycles. The SMILES string of the molecule is FC(F)(F)C(F)(F)Oc1ccccc1COCC1CCCNC1. The molecule has 23 heavy (non-hydrogen) atoms. The summed E-state index contributed by atoms with van der Waals surface area (Å²) in [4.78, 5) is 0. The molecule has 0 amide bonds. The quantitative estimate of drug-likeness (QED) is 0.801. The zero-order valence-electron chi connectivity index (χ0n) is 12.3. The van der Waals surface area contributed by atoms with Gasteiger partial charge < -0.3 is 14.8 Å². The minimum Gasteiger partial charge on any atom is -0.425 e.